The van der Waals surface area contributed by atoms with Gasteiger partial charge in [0.1, 0.15) is 0 Å². The first-order valence-electron chi connectivity index (χ1n) is 3.60. The average molecular weight is 199 g/mol. The number of hydrogen-bond donors (Lipinski definition) is 1. The van der Waals surface area contributed by atoms with Gasteiger partial charge < -0.3 is 5.11 Å². The number of halogens is 1. The molecule has 0 heterocycles. The highest BCUT2D eigenvalue weighted by Crippen LogP contribution is 2.07. The van der Waals surface area contributed by atoms with E-state index in [1.54, 1.807) is 12.1 Å². The van der Waals surface area contributed by atoms with Crippen LogP contribution in [0.2, 0.25) is 0 Å². The van der Waals surface area contributed by atoms with Crippen molar-refractivity contribution >= 4 is 22.8 Å². The first kappa shape index (κ1) is 9.74. The van der Waals surface area contributed by atoms with Crippen LogP contribution in [0.5, 0.6) is 0 Å². The maximum Gasteiger partial charge on any atom is 0.335 e. The van der Waals surface area contributed by atoms with Gasteiger partial charge in [0.15, 0.2) is 0 Å². The van der Waals surface area contributed by atoms with E-state index in [2.05, 4.69) is 0 Å². The molecule has 4 heteroatoms. The SMILES string of the molecule is O=C(Cl)Cc1cccc(C(=O)O)c1. The van der Waals surface area contributed by atoms with Crippen LogP contribution in [0.3, 0.4) is 0 Å². The smallest absolute Gasteiger partial charge is 0.335 e. The van der Waals surface area contributed by atoms with Gasteiger partial charge in [0.25, 0.3) is 0 Å². The van der Waals surface area contributed by atoms with Crippen LogP contribution in [0.1, 0.15) is 15.9 Å². The van der Waals surface area contributed by atoms with Crippen molar-refractivity contribution in [3.63, 3.8) is 0 Å². The molecule has 0 saturated carbocycles. The van der Waals surface area contributed by atoms with Gasteiger partial charge in [-0.15, -0.1) is 0 Å². The van der Waals surface area contributed by atoms with Gasteiger partial charge >= 0.3 is 5.97 Å². The fourth-order valence-corrected chi connectivity index (χ4v) is 1.13. The van der Waals surface area contributed by atoms with Crippen molar-refractivity contribution in [3.8, 4) is 0 Å². The van der Waals surface area contributed by atoms with E-state index in [0.717, 1.165) is 0 Å². The highest BCUT2D eigenvalue weighted by atomic mass is 35.5. The highest BCUT2D eigenvalue weighted by molar-refractivity contribution is 6.63. The van der Waals surface area contributed by atoms with Crippen LogP contribution in [0, 0.1) is 0 Å². The molecule has 0 saturated heterocycles. The summed E-state index contributed by atoms with van der Waals surface area (Å²) in [5.41, 5.74) is 0.773. The predicted octanol–water partition coefficient (Wildman–Crippen LogP) is 1.69. The normalized spacial score (nSPS) is 9.62. The Hall–Kier alpha value is -1.35. The van der Waals surface area contributed by atoms with E-state index < -0.39 is 11.2 Å². The minimum atomic E-state index is -1.01. The number of aromatic carboxylic acids is 1. The Kier molecular flexibility index (Phi) is 3.03. The van der Waals surface area contributed by atoms with Crippen molar-refractivity contribution in [1.29, 1.82) is 0 Å². The Morgan fingerprint density at radius 3 is 2.62 bits per heavy atom. The van der Waals surface area contributed by atoms with Gasteiger partial charge in [-0.05, 0) is 29.3 Å². The van der Waals surface area contributed by atoms with Gasteiger partial charge in [0.2, 0.25) is 5.24 Å². The van der Waals surface area contributed by atoms with Crippen molar-refractivity contribution in [2.45, 2.75) is 6.42 Å². The molecule has 13 heavy (non-hydrogen) atoms. The van der Waals surface area contributed by atoms with Gasteiger partial charge in [-0.3, -0.25) is 4.79 Å². The van der Waals surface area contributed by atoms with E-state index >= 15 is 0 Å². The predicted molar refractivity (Wildman–Crippen MR) is 48.0 cm³/mol. The molecule has 0 aromatic heterocycles. The van der Waals surface area contributed by atoms with Gasteiger partial charge in [0.05, 0.1) is 5.56 Å². The molecule has 0 spiro atoms. The van der Waals surface area contributed by atoms with Gasteiger partial charge in [-0.2, -0.15) is 0 Å². The van der Waals surface area contributed by atoms with Crippen LogP contribution in [-0.2, 0) is 11.2 Å². The summed E-state index contributed by atoms with van der Waals surface area (Å²) in [6, 6.07) is 6.14. The van der Waals surface area contributed by atoms with E-state index in [1.807, 2.05) is 0 Å². The lowest BCUT2D eigenvalue weighted by atomic mass is 10.1. The fourth-order valence-electron chi connectivity index (χ4n) is 0.975. The first-order valence-corrected chi connectivity index (χ1v) is 3.98. The monoisotopic (exact) mass is 198 g/mol. The minimum Gasteiger partial charge on any atom is -0.478 e. The summed E-state index contributed by atoms with van der Waals surface area (Å²) in [7, 11) is 0. The number of carboxylic acids is 1. The van der Waals surface area contributed by atoms with E-state index in [1.165, 1.54) is 12.1 Å². The molecule has 0 bridgehead atoms. The molecule has 1 aromatic rings. The van der Waals surface area contributed by atoms with Crippen molar-refractivity contribution in [2.24, 2.45) is 0 Å². The molecule has 3 nitrogen and oxygen atoms in total. The quantitative estimate of drug-likeness (QED) is 0.752. The molecule has 0 aliphatic heterocycles. The lowest BCUT2D eigenvalue weighted by Gasteiger charge is -1.98. The van der Waals surface area contributed by atoms with Crippen molar-refractivity contribution < 1.29 is 14.7 Å². The van der Waals surface area contributed by atoms with Gasteiger partial charge in [0, 0.05) is 6.42 Å². The Morgan fingerprint density at radius 1 is 1.38 bits per heavy atom. The molecule has 0 radical (unpaired) electrons. The largest absolute Gasteiger partial charge is 0.478 e. The van der Waals surface area contributed by atoms with Gasteiger partial charge in [-0.1, -0.05) is 12.1 Å². The van der Waals surface area contributed by atoms with Crippen LogP contribution in [0.25, 0.3) is 0 Å². The lowest BCUT2D eigenvalue weighted by molar-refractivity contribution is -0.111. The molecular weight excluding hydrogens is 192 g/mol. The number of rotatable bonds is 3. The number of benzene rings is 1. The van der Waals surface area contributed by atoms with Crippen LogP contribution in [0.4, 0.5) is 0 Å². The molecule has 68 valence electrons. The summed E-state index contributed by atoms with van der Waals surface area (Å²) in [4.78, 5) is 21.0. The zero-order valence-electron chi connectivity index (χ0n) is 6.66. The minimum absolute atomic E-state index is 0.0582. The van der Waals surface area contributed by atoms with E-state index in [0.29, 0.717) is 5.56 Å². The van der Waals surface area contributed by atoms with Gasteiger partial charge in [-0.25, -0.2) is 4.79 Å². The molecule has 1 rings (SSSR count). The summed E-state index contributed by atoms with van der Waals surface area (Å²) < 4.78 is 0. The Morgan fingerprint density at radius 2 is 2.08 bits per heavy atom. The van der Waals surface area contributed by atoms with Crippen LogP contribution < -0.4 is 0 Å². The summed E-state index contributed by atoms with van der Waals surface area (Å²) in [6.45, 7) is 0. The zero-order chi connectivity index (χ0) is 9.84. The zero-order valence-corrected chi connectivity index (χ0v) is 7.41. The molecule has 0 amide bonds. The molecule has 0 aliphatic carbocycles. The maximum absolute atomic E-state index is 10.5. The molecule has 0 unspecified atom stereocenters. The van der Waals surface area contributed by atoms with Crippen molar-refractivity contribution in [1.82, 2.24) is 0 Å². The molecule has 0 fully saturated rings. The third-order valence-corrected chi connectivity index (χ3v) is 1.65. The standard InChI is InChI=1S/C9H7ClO3/c10-8(11)5-6-2-1-3-7(4-6)9(12)13/h1-4H,5H2,(H,12,13). The fraction of sp³-hybridized carbons (Fsp3) is 0.111. The number of carboxylic acid groups (broad SMARTS) is 1. The molecule has 0 atom stereocenters. The van der Waals surface area contributed by atoms with Crippen LogP contribution in [-0.4, -0.2) is 16.3 Å². The maximum atomic E-state index is 10.5. The summed E-state index contributed by atoms with van der Waals surface area (Å²) in [6.07, 6.45) is 0.0582. The number of carbonyl (C=O) groups is 2. The second kappa shape index (κ2) is 4.05. The summed E-state index contributed by atoms with van der Waals surface area (Å²) >= 11 is 5.16. The first-order chi connectivity index (χ1) is 6.09. The average Bonchev–Trinajstić information content (AvgIpc) is 2.03. The second-order valence-corrected chi connectivity index (χ2v) is 2.96. The van der Waals surface area contributed by atoms with E-state index in [4.69, 9.17) is 16.7 Å². The summed E-state index contributed by atoms with van der Waals surface area (Å²) in [5, 5.41) is 8.13. The Labute approximate surface area is 79.9 Å². The molecular formula is C9H7ClO3. The van der Waals surface area contributed by atoms with Crippen molar-refractivity contribution in [3.05, 3.63) is 35.4 Å². The third-order valence-electron chi connectivity index (χ3n) is 1.52. The Balaban J connectivity index is 2.91. The van der Waals surface area contributed by atoms with Crippen LogP contribution >= 0.6 is 11.6 Å². The number of carbonyl (C=O) groups excluding carboxylic acids is 1. The molecule has 1 aromatic carbocycles. The highest BCUT2D eigenvalue weighted by Gasteiger charge is 2.04. The molecule has 0 aliphatic rings. The second-order valence-electron chi connectivity index (χ2n) is 2.54. The lowest BCUT2D eigenvalue weighted by Crippen LogP contribution is -1.99. The van der Waals surface area contributed by atoms with Crippen molar-refractivity contribution in [2.75, 3.05) is 0 Å². The van der Waals surface area contributed by atoms with Crippen LogP contribution in [0.15, 0.2) is 24.3 Å². The Bertz CT molecular complexity index is 346. The number of hydrogen-bond acceptors (Lipinski definition) is 2. The molecule has 1 N–H and O–H groups in total. The third kappa shape index (κ3) is 2.87. The summed E-state index contributed by atoms with van der Waals surface area (Å²) in [5.74, 6) is -1.01. The van der Waals surface area contributed by atoms with E-state index in [-0.39, 0.29) is 12.0 Å². The topological polar surface area (TPSA) is 54.4 Å². The van der Waals surface area contributed by atoms with E-state index in [9.17, 15) is 9.59 Å².